The maximum absolute atomic E-state index is 12.5. The number of alkyl halides is 3. The maximum atomic E-state index is 12.5. The third-order valence-electron chi connectivity index (χ3n) is 3.68. The highest BCUT2D eigenvalue weighted by molar-refractivity contribution is 7.88. The van der Waals surface area contributed by atoms with Crippen LogP contribution in [0.3, 0.4) is 0 Å². The van der Waals surface area contributed by atoms with Crippen LogP contribution in [0.1, 0.15) is 24.0 Å². The number of rotatable bonds is 4. The minimum Gasteiger partial charge on any atom is -0.351 e. The van der Waals surface area contributed by atoms with Gasteiger partial charge in [0.2, 0.25) is 15.9 Å². The molecule has 1 amide bonds. The lowest BCUT2D eigenvalue weighted by molar-refractivity contribution is -0.137. The molecule has 0 bridgehead atoms. The van der Waals surface area contributed by atoms with E-state index in [0.717, 1.165) is 22.7 Å². The van der Waals surface area contributed by atoms with Gasteiger partial charge in [-0.25, -0.2) is 8.42 Å². The van der Waals surface area contributed by atoms with Gasteiger partial charge in [-0.3, -0.25) is 4.79 Å². The van der Waals surface area contributed by atoms with E-state index >= 15 is 0 Å². The molecule has 1 aliphatic rings. The third-order valence-corrected chi connectivity index (χ3v) is 4.97. The van der Waals surface area contributed by atoms with Crippen molar-refractivity contribution < 1.29 is 26.4 Å². The molecule has 2 rings (SSSR count). The van der Waals surface area contributed by atoms with Crippen molar-refractivity contribution in [1.29, 1.82) is 0 Å². The topological polar surface area (TPSA) is 66.5 Å². The summed E-state index contributed by atoms with van der Waals surface area (Å²) in [5, 5.41) is 2.57. The number of carbonyl (C=O) groups is 1. The van der Waals surface area contributed by atoms with Crippen LogP contribution < -0.4 is 5.32 Å². The lowest BCUT2D eigenvalue weighted by Crippen LogP contribution is -2.45. The van der Waals surface area contributed by atoms with E-state index in [4.69, 9.17) is 0 Å². The van der Waals surface area contributed by atoms with Gasteiger partial charge in [-0.2, -0.15) is 17.5 Å². The van der Waals surface area contributed by atoms with Gasteiger partial charge >= 0.3 is 6.18 Å². The van der Waals surface area contributed by atoms with Crippen LogP contribution in [0, 0.1) is 0 Å². The average molecular weight is 350 g/mol. The van der Waals surface area contributed by atoms with Gasteiger partial charge in [-0.05, 0) is 30.5 Å². The molecule has 1 aromatic carbocycles. The Morgan fingerprint density at radius 2 is 1.91 bits per heavy atom. The van der Waals surface area contributed by atoms with Crippen LogP contribution in [0.4, 0.5) is 13.2 Å². The molecule has 0 aliphatic carbocycles. The number of sulfonamides is 1. The Balaban J connectivity index is 1.97. The molecule has 1 saturated heterocycles. The average Bonchev–Trinajstić information content (AvgIpc) is 2.94. The summed E-state index contributed by atoms with van der Waals surface area (Å²) in [5.41, 5.74) is -0.248. The van der Waals surface area contributed by atoms with Crippen molar-refractivity contribution in [3.63, 3.8) is 0 Å². The summed E-state index contributed by atoms with van der Waals surface area (Å²) >= 11 is 0. The Morgan fingerprint density at radius 3 is 2.43 bits per heavy atom. The summed E-state index contributed by atoms with van der Waals surface area (Å²) in [4.78, 5) is 12.1. The maximum Gasteiger partial charge on any atom is 0.416 e. The monoisotopic (exact) mass is 350 g/mol. The predicted molar refractivity (Wildman–Crippen MR) is 77.9 cm³/mol. The largest absolute Gasteiger partial charge is 0.416 e. The molecule has 1 aliphatic heterocycles. The SMILES string of the molecule is CS(=O)(=O)N1CCCC1C(=O)NCc1ccc(C(F)(F)F)cc1. The number of hydrogen-bond acceptors (Lipinski definition) is 3. The zero-order valence-corrected chi connectivity index (χ0v) is 13.2. The lowest BCUT2D eigenvalue weighted by atomic mass is 10.1. The van der Waals surface area contributed by atoms with Crippen molar-refractivity contribution in [3.8, 4) is 0 Å². The van der Waals surface area contributed by atoms with E-state index in [1.807, 2.05) is 0 Å². The number of halogens is 3. The van der Waals surface area contributed by atoms with Gasteiger partial charge in [0, 0.05) is 13.1 Å². The van der Waals surface area contributed by atoms with Crippen LogP contribution in [-0.2, 0) is 27.5 Å². The first-order valence-electron chi connectivity index (χ1n) is 7.00. The van der Waals surface area contributed by atoms with Crippen LogP contribution in [-0.4, -0.2) is 37.5 Å². The second kappa shape index (κ2) is 6.48. The van der Waals surface area contributed by atoms with E-state index in [9.17, 15) is 26.4 Å². The van der Waals surface area contributed by atoms with Gasteiger partial charge < -0.3 is 5.32 Å². The Morgan fingerprint density at radius 1 is 1.30 bits per heavy atom. The number of nitrogens with zero attached hydrogens (tertiary/aromatic N) is 1. The highest BCUT2D eigenvalue weighted by Crippen LogP contribution is 2.29. The van der Waals surface area contributed by atoms with E-state index in [-0.39, 0.29) is 6.54 Å². The number of amides is 1. The summed E-state index contributed by atoms with van der Waals surface area (Å²) in [5.74, 6) is -0.437. The zero-order valence-electron chi connectivity index (χ0n) is 12.4. The molecule has 1 fully saturated rings. The van der Waals surface area contributed by atoms with E-state index in [1.54, 1.807) is 0 Å². The summed E-state index contributed by atoms with van der Waals surface area (Å²) in [6, 6.07) is 3.71. The molecule has 1 N–H and O–H groups in total. The standard InChI is InChI=1S/C14H17F3N2O3S/c1-23(21,22)19-8-2-3-12(19)13(20)18-9-10-4-6-11(7-5-10)14(15,16)17/h4-7,12H,2-3,8-9H2,1H3,(H,18,20). The van der Waals surface area contributed by atoms with Gasteiger partial charge in [0.25, 0.3) is 0 Å². The minimum atomic E-state index is -4.40. The quantitative estimate of drug-likeness (QED) is 0.900. The second-order valence-corrected chi connectivity index (χ2v) is 7.38. The highest BCUT2D eigenvalue weighted by Gasteiger charge is 2.36. The van der Waals surface area contributed by atoms with Gasteiger partial charge in [0.1, 0.15) is 6.04 Å². The summed E-state index contributed by atoms with van der Waals surface area (Å²) in [7, 11) is -3.45. The van der Waals surface area contributed by atoms with Crippen LogP contribution >= 0.6 is 0 Å². The normalized spacial score (nSPS) is 19.7. The predicted octanol–water partition coefficient (Wildman–Crippen LogP) is 1.75. The summed E-state index contributed by atoms with van der Waals surface area (Å²) < 4.78 is 61.7. The van der Waals surface area contributed by atoms with Crippen LogP contribution in [0.25, 0.3) is 0 Å². The van der Waals surface area contributed by atoms with E-state index in [0.29, 0.717) is 24.9 Å². The van der Waals surface area contributed by atoms with Crippen molar-refractivity contribution in [2.24, 2.45) is 0 Å². The molecule has 0 radical (unpaired) electrons. The van der Waals surface area contributed by atoms with Gasteiger partial charge in [0.05, 0.1) is 11.8 Å². The molecule has 128 valence electrons. The molecule has 1 unspecified atom stereocenters. The molecular formula is C14H17F3N2O3S. The van der Waals surface area contributed by atoms with E-state index in [1.165, 1.54) is 12.1 Å². The van der Waals surface area contributed by atoms with Crippen molar-refractivity contribution in [2.45, 2.75) is 31.6 Å². The van der Waals surface area contributed by atoms with Gasteiger partial charge in [0.15, 0.2) is 0 Å². The summed E-state index contributed by atoms with van der Waals surface area (Å²) in [6.45, 7) is 0.349. The molecule has 1 aromatic rings. The fourth-order valence-corrected chi connectivity index (χ4v) is 3.64. The third kappa shape index (κ3) is 4.44. The molecule has 0 aromatic heterocycles. The van der Waals surface area contributed by atoms with E-state index in [2.05, 4.69) is 5.32 Å². The minimum absolute atomic E-state index is 0.0467. The lowest BCUT2D eigenvalue weighted by Gasteiger charge is -2.21. The first-order chi connectivity index (χ1) is 10.6. The fourth-order valence-electron chi connectivity index (χ4n) is 2.52. The number of carbonyl (C=O) groups excluding carboxylic acids is 1. The summed E-state index contributed by atoms with van der Waals surface area (Å²) in [6.07, 6.45) is -2.31. The Bertz CT molecular complexity index is 672. The van der Waals surface area contributed by atoms with Crippen molar-refractivity contribution in [2.75, 3.05) is 12.8 Å². The van der Waals surface area contributed by atoms with Gasteiger partial charge in [-0.1, -0.05) is 12.1 Å². The van der Waals surface area contributed by atoms with Crippen LogP contribution in [0.15, 0.2) is 24.3 Å². The molecule has 9 heteroatoms. The number of hydrogen-bond donors (Lipinski definition) is 1. The molecule has 0 spiro atoms. The zero-order chi connectivity index (χ0) is 17.3. The number of benzene rings is 1. The molecule has 5 nitrogen and oxygen atoms in total. The molecule has 23 heavy (non-hydrogen) atoms. The fraction of sp³-hybridized carbons (Fsp3) is 0.500. The highest BCUT2D eigenvalue weighted by atomic mass is 32.2. The van der Waals surface area contributed by atoms with E-state index < -0.39 is 33.7 Å². The Hall–Kier alpha value is -1.61. The van der Waals surface area contributed by atoms with Crippen molar-refractivity contribution in [1.82, 2.24) is 9.62 Å². The second-order valence-electron chi connectivity index (χ2n) is 5.44. The van der Waals surface area contributed by atoms with Gasteiger partial charge in [-0.15, -0.1) is 0 Å². The molecular weight excluding hydrogens is 333 g/mol. The smallest absolute Gasteiger partial charge is 0.351 e. The molecule has 1 heterocycles. The number of nitrogens with one attached hydrogen (secondary N) is 1. The Labute approximate surface area is 132 Å². The van der Waals surface area contributed by atoms with Crippen LogP contribution in [0.2, 0.25) is 0 Å². The Kier molecular flexibility index (Phi) is 5.00. The van der Waals surface area contributed by atoms with Crippen molar-refractivity contribution >= 4 is 15.9 Å². The first kappa shape index (κ1) is 17.7. The van der Waals surface area contributed by atoms with Crippen molar-refractivity contribution in [3.05, 3.63) is 35.4 Å². The molecule has 1 atom stereocenters. The molecule has 0 saturated carbocycles. The first-order valence-corrected chi connectivity index (χ1v) is 8.84. The van der Waals surface area contributed by atoms with Crippen LogP contribution in [0.5, 0.6) is 0 Å².